The molecule has 156 valence electrons. The normalized spacial score (nSPS) is 31.3. The molecule has 0 aromatic heterocycles. The lowest BCUT2D eigenvalue weighted by Crippen LogP contribution is -2.61. The van der Waals surface area contributed by atoms with Crippen LogP contribution < -0.4 is 0 Å². The molecule has 1 aromatic carbocycles. The van der Waals surface area contributed by atoms with Crippen molar-refractivity contribution in [3.05, 3.63) is 35.6 Å². The zero-order valence-electron chi connectivity index (χ0n) is 15.0. The summed E-state index contributed by atoms with van der Waals surface area (Å²) in [4.78, 5) is 5.85. The second kappa shape index (κ2) is 8.15. The number of benzene rings is 1. The second-order valence-corrected chi connectivity index (χ2v) is 7.83. The summed E-state index contributed by atoms with van der Waals surface area (Å²) in [5.41, 5.74) is -0.685. The molecule has 28 heavy (non-hydrogen) atoms. The molecule has 2 heterocycles. The van der Waals surface area contributed by atoms with E-state index in [1.54, 1.807) is 19.0 Å². The van der Waals surface area contributed by atoms with E-state index >= 15 is 0 Å². The van der Waals surface area contributed by atoms with E-state index in [1.807, 2.05) is 0 Å². The Morgan fingerprint density at radius 2 is 2.00 bits per heavy atom. The van der Waals surface area contributed by atoms with Crippen molar-refractivity contribution in [2.75, 3.05) is 14.1 Å². The molecule has 2 N–H and O–H groups in total. The van der Waals surface area contributed by atoms with Crippen LogP contribution in [0.4, 0.5) is 17.6 Å². The van der Waals surface area contributed by atoms with Gasteiger partial charge in [-0.15, -0.1) is 0 Å². The number of aliphatic hydroxyl groups excluding tert-OH is 2. The van der Waals surface area contributed by atoms with Crippen LogP contribution in [0.5, 0.6) is 0 Å². The van der Waals surface area contributed by atoms with Gasteiger partial charge in [0.25, 0.3) is 0 Å². The topological polar surface area (TPSA) is 74.5 Å². The van der Waals surface area contributed by atoms with E-state index in [1.165, 1.54) is 12.1 Å². The Bertz CT molecular complexity index is 733. The van der Waals surface area contributed by atoms with Crippen molar-refractivity contribution in [1.29, 1.82) is 0 Å². The minimum absolute atomic E-state index is 0.200. The number of hydrogen-bond donors (Lipinski definition) is 2. The molecule has 0 amide bonds. The molecular formula is C17H20F4N2O4S. The van der Waals surface area contributed by atoms with Crippen LogP contribution in [0, 0.1) is 5.82 Å². The highest BCUT2D eigenvalue weighted by molar-refractivity contribution is 8.14. The fraction of sp³-hybridized carbons (Fsp3) is 0.588. The van der Waals surface area contributed by atoms with Crippen LogP contribution >= 0.6 is 11.8 Å². The van der Waals surface area contributed by atoms with Crippen LogP contribution in [-0.2, 0) is 16.1 Å². The van der Waals surface area contributed by atoms with Gasteiger partial charge in [0.1, 0.15) is 35.6 Å². The highest BCUT2D eigenvalue weighted by Gasteiger charge is 2.57. The number of aliphatic hydroxyl groups is 2. The smallest absolute Gasteiger partial charge is 0.388 e. The first-order valence-electron chi connectivity index (χ1n) is 8.44. The third kappa shape index (κ3) is 4.43. The van der Waals surface area contributed by atoms with Gasteiger partial charge in [-0.05, 0) is 17.7 Å². The molecule has 1 saturated heterocycles. The molecule has 0 radical (unpaired) electrons. The van der Waals surface area contributed by atoms with Gasteiger partial charge in [0.15, 0.2) is 11.3 Å². The van der Waals surface area contributed by atoms with Gasteiger partial charge < -0.3 is 24.6 Å². The van der Waals surface area contributed by atoms with Crippen molar-refractivity contribution in [2.24, 2.45) is 4.99 Å². The van der Waals surface area contributed by atoms with Crippen molar-refractivity contribution in [3.63, 3.8) is 0 Å². The number of amidine groups is 1. The van der Waals surface area contributed by atoms with Gasteiger partial charge in [0.05, 0.1) is 6.61 Å². The molecule has 1 aromatic rings. The van der Waals surface area contributed by atoms with Crippen LogP contribution in [0.15, 0.2) is 29.3 Å². The Labute approximate surface area is 163 Å². The molecule has 0 aliphatic carbocycles. The Morgan fingerprint density at radius 1 is 1.29 bits per heavy atom. The fourth-order valence-corrected chi connectivity index (χ4v) is 4.18. The molecule has 0 saturated carbocycles. The van der Waals surface area contributed by atoms with E-state index in [0.717, 1.165) is 23.9 Å². The van der Waals surface area contributed by atoms with Gasteiger partial charge in [-0.1, -0.05) is 23.9 Å². The quantitative estimate of drug-likeness (QED) is 0.718. The summed E-state index contributed by atoms with van der Waals surface area (Å²) in [6.07, 6.45) is -12.6. The van der Waals surface area contributed by atoms with Crippen molar-refractivity contribution in [1.82, 2.24) is 4.90 Å². The molecule has 3 rings (SSSR count). The first kappa shape index (κ1) is 21.3. The largest absolute Gasteiger partial charge is 0.417 e. The summed E-state index contributed by atoms with van der Waals surface area (Å²) in [5.74, 6) is -0.604. The number of thioether (sulfide) groups is 1. The molecule has 6 atom stereocenters. The van der Waals surface area contributed by atoms with Crippen molar-refractivity contribution in [3.8, 4) is 0 Å². The average molecular weight is 424 g/mol. The maximum Gasteiger partial charge on any atom is 0.417 e. The second-order valence-electron chi connectivity index (χ2n) is 6.77. The lowest BCUT2D eigenvalue weighted by atomic mass is 9.94. The van der Waals surface area contributed by atoms with Crippen molar-refractivity contribution in [2.45, 2.75) is 48.7 Å². The molecular weight excluding hydrogens is 404 g/mol. The molecule has 2 aliphatic rings. The van der Waals surface area contributed by atoms with Gasteiger partial charge in [-0.3, -0.25) is 4.99 Å². The summed E-state index contributed by atoms with van der Waals surface area (Å²) < 4.78 is 64.6. The molecule has 1 unspecified atom stereocenters. The highest BCUT2D eigenvalue weighted by Crippen LogP contribution is 2.41. The first-order chi connectivity index (χ1) is 13.1. The van der Waals surface area contributed by atoms with Gasteiger partial charge in [-0.2, -0.15) is 13.2 Å². The Kier molecular flexibility index (Phi) is 6.20. The Hall–Kier alpha value is -1.40. The van der Waals surface area contributed by atoms with Crippen LogP contribution in [0.2, 0.25) is 0 Å². The zero-order chi connectivity index (χ0) is 20.6. The first-order valence-corrected chi connectivity index (χ1v) is 9.32. The third-order valence-electron chi connectivity index (χ3n) is 4.41. The summed E-state index contributed by atoms with van der Waals surface area (Å²) >= 11 is 1.07. The van der Waals surface area contributed by atoms with Crippen molar-refractivity contribution < 1.29 is 37.2 Å². The highest BCUT2D eigenvalue weighted by atomic mass is 32.2. The van der Waals surface area contributed by atoms with E-state index < -0.39 is 54.5 Å². The van der Waals surface area contributed by atoms with Crippen LogP contribution in [0.1, 0.15) is 5.56 Å². The van der Waals surface area contributed by atoms with E-state index in [-0.39, 0.29) is 5.56 Å². The number of nitrogens with zero attached hydrogens (tertiary/aromatic N) is 2. The fourth-order valence-electron chi connectivity index (χ4n) is 3.03. The molecule has 6 nitrogen and oxygen atoms in total. The summed E-state index contributed by atoms with van der Waals surface area (Å²) in [7, 11) is 3.40. The van der Waals surface area contributed by atoms with E-state index in [0.29, 0.717) is 5.17 Å². The predicted molar refractivity (Wildman–Crippen MR) is 94.2 cm³/mol. The SMILES string of the molecule is CN(C)C1=N[C@@H]2[C@@H](O)[C@H](O)[C@@H](C(OCc3cccc(F)c3)C(F)(F)F)O[C@@H]2S1. The Balaban J connectivity index is 1.77. The number of alkyl halides is 3. The minimum Gasteiger partial charge on any atom is -0.388 e. The minimum atomic E-state index is -4.87. The zero-order valence-corrected chi connectivity index (χ0v) is 15.8. The van der Waals surface area contributed by atoms with Crippen LogP contribution in [-0.4, -0.2) is 76.4 Å². The number of hydrogen-bond acceptors (Lipinski definition) is 7. The summed E-state index contributed by atoms with van der Waals surface area (Å²) in [5, 5.41) is 21.1. The maximum absolute atomic E-state index is 13.6. The van der Waals surface area contributed by atoms with E-state index in [2.05, 4.69) is 4.99 Å². The van der Waals surface area contributed by atoms with Gasteiger partial charge in [0, 0.05) is 14.1 Å². The van der Waals surface area contributed by atoms with E-state index in [4.69, 9.17) is 9.47 Å². The van der Waals surface area contributed by atoms with Gasteiger partial charge in [-0.25, -0.2) is 4.39 Å². The summed E-state index contributed by atoms with van der Waals surface area (Å²) in [6.45, 7) is -0.536. The average Bonchev–Trinajstić information content (AvgIpc) is 3.03. The maximum atomic E-state index is 13.6. The number of aliphatic imine (C=N–C) groups is 1. The Morgan fingerprint density at radius 3 is 2.61 bits per heavy atom. The molecule has 2 aliphatic heterocycles. The van der Waals surface area contributed by atoms with E-state index in [9.17, 15) is 27.8 Å². The molecule has 11 heteroatoms. The standard InChI is InChI=1S/C17H20F4N2O4S/c1-23(2)16-22-10-11(24)12(25)13(27-15(10)28-16)14(17(19,20)21)26-7-8-4-3-5-9(18)6-8/h3-6,10-15,24-25H,7H2,1-2H3/t10-,11-,12+,13+,14?,15-/m1/s1. The van der Waals surface area contributed by atoms with Gasteiger partial charge in [0.2, 0.25) is 0 Å². The predicted octanol–water partition coefficient (Wildman–Crippen LogP) is 1.75. The number of ether oxygens (including phenoxy) is 2. The van der Waals surface area contributed by atoms with Gasteiger partial charge >= 0.3 is 6.18 Å². The number of rotatable bonds is 4. The molecule has 1 fully saturated rings. The molecule has 0 bridgehead atoms. The molecule has 0 spiro atoms. The lowest BCUT2D eigenvalue weighted by molar-refractivity contribution is -0.286. The summed E-state index contributed by atoms with van der Waals surface area (Å²) in [6, 6.07) is 4.11. The monoisotopic (exact) mass is 424 g/mol. The van der Waals surface area contributed by atoms with Crippen molar-refractivity contribution >= 4 is 16.9 Å². The number of halogens is 4. The van der Waals surface area contributed by atoms with Crippen LogP contribution in [0.3, 0.4) is 0 Å². The van der Waals surface area contributed by atoms with Crippen LogP contribution in [0.25, 0.3) is 0 Å². The lowest BCUT2D eigenvalue weighted by Gasteiger charge is -2.41. The number of fused-ring (bicyclic) bond motifs is 1. The third-order valence-corrected chi connectivity index (χ3v) is 5.71.